The van der Waals surface area contributed by atoms with E-state index in [2.05, 4.69) is 15.9 Å². The van der Waals surface area contributed by atoms with Gasteiger partial charge in [-0.15, -0.1) is 0 Å². The van der Waals surface area contributed by atoms with E-state index in [1.54, 1.807) is 66.7 Å². The van der Waals surface area contributed by atoms with Crippen molar-refractivity contribution in [3.8, 4) is 0 Å². The number of carbonyl (C=O) groups is 3. The Morgan fingerprint density at radius 1 is 0.844 bits per heavy atom. The highest BCUT2D eigenvalue weighted by atomic mass is 79.9. The Bertz CT molecular complexity index is 1140. The molecule has 162 valence electrons. The van der Waals surface area contributed by atoms with Crippen LogP contribution in [-0.2, 0) is 4.79 Å². The summed E-state index contributed by atoms with van der Waals surface area (Å²) in [4.78, 5) is 40.5. The lowest BCUT2D eigenvalue weighted by Crippen LogP contribution is -2.54. The van der Waals surface area contributed by atoms with Crippen molar-refractivity contribution in [2.45, 2.75) is 24.9 Å². The number of hydrogen-bond acceptors (Lipinski definition) is 4. The van der Waals surface area contributed by atoms with Gasteiger partial charge in [-0.1, -0.05) is 88.7 Å². The molecule has 0 radical (unpaired) electrons. The minimum Gasteiger partial charge on any atom is -0.389 e. The monoisotopic (exact) mass is 490 g/mol. The van der Waals surface area contributed by atoms with Crippen molar-refractivity contribution in [1.82, 2.24) is 0 Å². The SMILES string of the molecule is C[C@]1(O)CC(=O)[C@H](C(=O)c2ccccc2)[C@H](c2ccc(Br)cc2)[C@H]1C(=O)c1ccccc1. The summed E-state index contributed by atoms with van der Waals surface area (Å²) in [5, 5.41) is 11.3. The molecule has 1 fully saturated rings. The van der Waals surface area contributed by atoms with Gasteiger partial charge in [0.05, 0.1) is 17.4 Å². The maximum Gasteiger partial charge on any atom is 0.173 e. The van der Waals surface area contributed by atoms with Gasteiger partial charge < -0.3 is 5.11 Å². The Kier molecular flexibility index (Phi) is 6.22. The highest BCUT2D eigenvalue weighted by Crippen LogP contribution is 2.48. The maximum atomic E-state index is 13.7. The summed E-state index contributed by atoms with van der Waals surface area (Å²) in [5.74, 6) is -3.77. The Labute approximate surface area is 195 Å². The third kappa shape index (κ3) is 4.23. The molecule has 32 heavy (non-hydrogen) atoms. The van der Waals surface area contributed by atoms with E-state index in [-0.39, 0.29) is 23.8 Å². The molecule has 3 aromatic carbocycles. The van der Waals surface area contributed by atoms with Crippen molar-refractivity contribution < 1.29 is 19.5 Å². The van der Waals surface area contributed by atoms with Crippen LogP contribution in [0.2, 0.25) is 0 Å². The second-order valence-corrected chi connectivity index (χ2v) is 9.41. The van der Waals surface area contributed by atoms with Crippen LogP contribution < -0.4 is 0 Å². The lowest BCUT2D eigenvalue weighted by atomic mass is 9.58. The largest absolute Gasteiger partial charge is 0.389 e. The van der Waals surface area contributed by atoms with Gasteiger partial charge in [0, 0.05) is 27.9 Å². The van der Waals surface area contributed by atoms with Gasteiger partial charge in [0.15, 0.2) is 11.6 Å². The molecular weight excluding hydrogens is 468 g/mol. The smallest absolute Gasteiger partial charge is 0.173 e. The molecule has 3 aromatic rings. The Hall–Kier alpha value is -2.89. The van der Waals surface area contributed by atoms with Crippen LogP contribution in [0.1, 0.15) is 45.5 Å². The molecule has 0 amide bonds. The van der Waals surface area contributed by atoms with E-state index in [1.165, 1.54) is 6.92 Å². The molecule has 0 spiro atoms. The van der Waals surface area contributed by atoms with E-state index >= 15 is 0 Å². The lowest BCUT2D eigenvalue weighted by Gasteiger charge is -2.45. The number of halogens is 1. The van der Waals surface area contributed by atoms with Crippen LogP contribution in [0.5, 0.6) is 0 Å². The molecule has 4 nitrogen and oxygen atoms in total. The topological polar surface area (TPSA) is 71.4 Å². The molecule has 5 heteroatoms. The minimum absolute atomic E-state index is 0.257. The van der Waals surface area contributed by atoms with E-state index in [0.717, 1.165) is 4.47 Å². The van der Waals surface area contributed by atoms with Crippen molar-refractivity contribution >= 4 is 33.3 Å². The summed E-state index contributed by atoms with van der Waals surface area (Å²) in [7, 11) is 0. The quantitative estimate of drug-likeness (QED) is 0.391. The fourth-order valence-corrected chi connectivity index (χ4v) is 5.01. The first-order chi connectivity index (χ1) is 15.3. The number of aliphatic hydroxyl groups is 1. The van der Waals surface area contributed by atoms with E-state index < -0.39 is 23.4 Å². The van der Waals surface area contributed by atoms with E-state index in [0.29, 0.717) is 16.7 Å². The number of Topliss-reactive ketones (excluding diaryl/α,β-unsaturated/α-hetero) is 3. The standard InChI is InChI=1S/C27H23BrO4/c1-27(32)16-21(29)23(25(30)18-8-4-2-5-9-18)22(17-12-14-20(28)15-13-17)24(27)26(31)19-10-6-3-7-11-19/h2-15,22-24,32H,16H2,1H3/t22-,23-,24-,27-/m0/s1. The van der Waals surface area contributed by atoms with Crippen LogP contribution in [0, 0.1) is 11.8 Å². The zero-order valence-corrected chi connectivity index (χ0v) is 19.2. The zero-order valence-electron chi connectivity index (χ0n) is 17.6. The average Bonchev–Trinajstić information content (AvgIpc) is 2.79. The Morgan fingerprint density at radius 2 is 1.34 bits per heavy atom. The average molecular weight is 491 g/mol. The molecule has 0 unspecified atom stereocenters. The number of benzene rings is 3. The third-order valence-electron chi connectivity index (χ3n) is 6.20. The molecule has 0 saturated heterocycles. The molecular formula is C27H23BrO4. The number of rotatable bonds is 5. The van der Waals surface area contributed by atoms with Crippen LogP contribution in [-0.4, -0.2) is 28.1 Å². The lowest BCUT2D eigenvalue weighted by molar-refractivity contribution is -0.134. The van der Waals surface area contributed by atoms with Crippen molar-refractivity contribution in [1.29, 1.82) is 0 Å². The van der Waals surface area contributed by atoms with Gasteiger partial charge >= 0.3 is 0 Å². The third-order valence-corrected chi connectivity index (χ3v) is 6.73. The first-order valence-corrected chi connectivity index (χ1v) is 11.3. The molecule has 1 aliphatic rings. The zero-order chi connectivity index (χ0) is 22.9. The summed E-state index contributed by atoms with van der Waals surface area (Å²) in [6.07, 6.45) is -0.257. The molecule has 0 aromatic heterocycles. The van der Waals surface area contributed by atoms with Crippen molar-refractivity contribution in [2.24, 2.45) is 11.8 Å². The van der Waals surface area contributed by atoms with Gasteiger partial charge in [0.25, 0.3) is 0 Å². The first-order valence-electron chi connectivity index (χ1n) is 10.5. The molecule has 4 atom stereocenters. The van der Waals surface area contributed by atoms with Gasteiger partial charge in [-0.25, -0.2) is 0 Å². The summed E-state index contributed by atoms with van der Waals surface area (Å²) in [5.41, 5.74) is -0.0551. The van der Waals surface area contributed by atoms with Crippen LogP contribution in [0.3, 0.4) is 0 Å². The molecule has 4 rings (SSSR count). The number of carbonyl (C=O) groups excluding carboxylic acids is 3. The summed E-state index contributed by atoms with van der Waals surface area (Å²) in [6.45, 7) is 1.52. The van der Waals surface area contributed by atoms with Gasteiger partial charge in [0.1, 0.15) is 5.78 Å². The predicted molar refractivity (Wildman–Crippen MR) is 126 cm³/mol. The molecule has 0 heterocycles. The molecule has 0 aliphatic heterocycles. The van der Waals surface area contributed by atoms with Crippen molar-refractivity contribution in [3.05, 3.63) is 106 Å². The fraction of sp³-hybridized carbons (Fsp3) is 0.222. The second kappa shape index (κ2) is 8.93. The molecule has 1 N–H and O–H groups in total. The highest BCUT2D eigenvalue weighted by Gasteiger charge is 2.55. The summed E-state index contributed by atoms with van der Waals surface area (Å²) >= 11 is 3.42. The summed E-state index contributed by atoms with van der Waals surface area (Å²) in [6, 6.07) is 24.6. The molecule has 0 bridgehead atoms. The number of ketones is 3. The normalized spacial score (nSPS) is 25.3. The van der Waals surface area contributed by atoms with Crippen LogP contribution in [0.25, 0.3) is 0 Å². The number of hydrogen-bond donors (Lipinski definition) is 1. The van der Waals surface area contributed by atoms with Crippen molar-refractivity contribution in [2.75, 3.05) is 0 Å². The molecule has 1 aliphatic carbocycles. The maximum absolute atomic E-state index is 13.7. The first kappa shape index (κ1) is 22.3. The van der Waals surface area contributed by atoms with E-state index in [4.69, 9.17) is 0 Å². The Morgan fingerprint density at radius 3 is 1.88 bits per heavy atom. The van der Waals surface area contributed by atoms with E-state index in [1.807, 2.05) is 18.2 Å². The minimum atomic E-state index is -1.59. The van der Waals surface area contributed by atoms with Gasteiger partial charge in [-0.3, -0.25) is 14.4 Å². The van der Waals surface area contributed by atoms with E-state index in [9.17, 15) is 19.5 Å². The van der Waals surface area contributed by atoms with Crippen LogP contribution >= 0.6 is 15.9 Å². The molecule has 1 saturated carbocycles. The predicted octanol–water partition coefficient (Wildman–Crippen LogP) is 5.25. The Balaban J connectivity index is 1.89. The van der Waals surface area contributed by atoms with Crippen LogP contribution in [0.4, 0.5) is 0 Å². The van der Waals surface area contributed by atoms with Gasteiger partial charge in [-0.05, 0) is 24.6 Å². The fourth-order valence-electron chi connectivity index (χ4n) is 4.74. The summed E-state index contributed by atoms with van der Waals surface area (Å²) < 4.78 is 0.840. The highest BCUT2D eigenvalue weighted by molar-refractivity contribution is 9.10. The van der Waals surface area contributed by atoms with Crippen LogP contribution in [0.15, 0.2) is 89.4 Å². The van der Waals surface area contributed by atoms with Gasteiger partial charge in [0.2, 0.25) is 0 Å². The van der Waals surface area contributed by atoms with Crippen molar-refractivity contribution in [3.63, 3.8) is 0 Å². The van der Waals surface area contributed by atoms with Gasteiger partial charge in [-0.2, -0.15) is 0 Å². The second-order valence-electron chi connectivity index (χ2n) is 8.49.